The lowest BCUT2D eigenvalue weighted by Crippen LogP contribution is -2.43. The van der Waals surface area contributed by atoms with Crippen molar-refractivity contribution in [3.63, 3.8) is 0 Å². The van der Waals surface area contributed by atoms with Gasteiger partial charge in [0, 0.05) is 42.1 Å². The molecule has 0 N–H and O–H groups in total. The van der Waals surface area contributed by atoms with Gasteiger partial charge in [-0.3, -0.25) is 4.79 Å². The molecule has 5 nitrogen and oxygen atoms in total. The molecule has 29 heavy (non-hydrogen) atoms. The third-order valence-corrected chi connectivity index (χ3v) is 7.80. The van der Waals surface area contributed by atoms with E-state index in [1.807, 2.05) is 48.5 Å². The number of piperidine rings is 1. The smallest absolute Gasteiger partial charge is 0.225 e. The van der Waals surface area contributed by atoms with Crippen LogP contribution in [0.5, 0.6) is 0 Å². The molecule has 0 unspecified atom stereocenters. The Labute approximate surface area is 185 Å². The fourth-order valence-electron chi connectivity index (χ4n) is 3.52. The summed E-state index contributed by atoms with van der Waals surface area (Å²) in [5.74, 6) is -0.105. The summed E-state index contributed by atoms with van der Waals surface area (Å²) in [5, 5.41) is 0.666. The van der Waals surface area contributed by atoms with E-state index in [-0.39, 0.29) is 17.6 Å². The summed E-state index contributed by atoms with van der Waals surface area (Å²) in [7, 11) is -1.61. The monoisotopic (exact) mass is 498 g/mol. The van der Waals surface area contributed by atoms with E-state index in [0.717, 1.165) is 15.6 Å². The molecule has 0 atom stereocenters. The number of rotatable bonds is 6. The lowest BCUT2D eigenvalue weighted by atomic mass is 9.96. The number of nitrogens with zero attached hydrogens (tertiary/aromatic N) is 2. The van der Waals surface area contributed by atoms with Gasteiger partial charge in [0.25, 0.3) is 0 Å². The Balaban J connectivity index is 1.54. The van der Waals surface area contributed by atoms with Crippen LogP contribution < -0.4 is 0 Å². The Hall–Kier alpha value is -1.41. The number of hydrogen-bond donors (Lipinski definition) is 0. The Bertz CT molecular complexity index is 941. The van der Waals surface area contributed by atoms with Gasteiger partial charge in [0.2, 0.25) is 15.9 Å². The zero-order valence-electron chi connectivity index (χ0n) is 16.2. The van der Waals surface area contributed by atoms with Gasteiger partial charge in [-0.25, -0.2) is 12.7 Å². The van der Waals surface area contributed by atoms with Crippen molar-refractivity contribution < 1.29 is 13.2 Å². The minimum Gasteiger partial charge on any atom is -0.341 e. The molecule has 1 aliphatic heterocycles. The maximum absolute atomic E-state index is 12.8. The summed E-state index contributed by atoms with van der Waals surface area (Å²) in [4.78, 5) is 14.5. The van der Waals surface area contributed by atoms with Crippen LogP contribution >= 0.6 is 27.5 Å². The summed E-state index contributed by atoms with van der Waals surface area (Å²) < 4.78 is 27.9. The molecule has 8 heteroatoms. The molecule has 0 aromatic heterocycles. The van der Waals surface area contributed by atoms with E-state index in [1.165, 1.54) is 4.31 Å². The van der Waals surface area contributed by atoms with Crippen LogP contribution in [0, 0.1) is 5.92 Å². The van der Waals surface area contributed by atoms with Crippen LogP contribution in [0.3, 0.4) is 0 Å². The van der Waals surface area contributed by atoms with E-state index in [4.69, 9.17) is 11.6 Å². The molecule has 2 aromatic rings. The number of benzene rings is 2. The Morgan fingerprint density at radius 2 is 1.62 bits per heavy atom. The minimum atomic E-state index is -3.39. The van der Waals surface area contributed by atoms with Crippen molar-refractivity contribution in [3.8, 4) is 0 Å². The van der Waals surface area contributed by atoms with Crippen molar-refractivity contribution in [2.75, 3.05) is 20.1 Å². The second-order valence-electron chi connectivity index (χ2n) is 7.38. The highest BCUT2D eigenvalue weighted by molar-refractivity contribution is 9.10. The average Bonchev–Trinajstić information content (AvgIpc) is 2.71. The first-order chi connectivity index (χ1) is 13.7. The van der Waals surface area contributed by atoms with Gasteiger partial charge < -0.3 is 4.90 Å². The van der Waals surface area contributed by atoms with Crippen molar-refractivity contribution in [2.45, 2.75) is 25.1 Å². The van der Waals surface area contributed by atoms with Gasteiger partial charge in [-0.2, -0.15) is 0 Å². The van der Waals surface area contributed by atoms with Crippen LogP contribution in [-0.2, 0) is 27.1 Å². The van der Waals surface area contributed by atoms with Gasteiger partial charge in [-0.1, -0.05) is 51.8 Å². The Morgan fingerprint density at radius 3 is 2.21 bits per heavy atom. The molecule has 2 aromatic carbocycles. The van der Waals surface area contributed by atoms with Gasteiger partial charge in [0.05, 0.1) is 5.75 Å². The number of hydrogen-bond acceptors (Lipinski definition) is 3. The number of carbonyl (C=O) groups excluding carboxylic acids is 1. The summed E-state index contributed by atoms with van der Waals surface area (Å²) in [5.41, 5.74) is 1.77. The predicted octanol–water partition coefficient (Wildman–Crippen LogP) is 4.30. The van der Waals surface area contributed by atoms with Gasteiger partial charge in [0.15, 0.2) is 0 Å². The first-order valence-electron chi connectivity index (χ1n) is 9.46. The van der Waals surface area contributed by atoms with Crippen molar-refractivity contribution in [2.24, 2.45) is 5.92 Å². The molecule has 0 aliphatic carbocycles. The molecule has 1 amide bonds. The fourth-order valence-corrected chi connectivity index (χ4v) is 5.47. The van der Waals surface area contributed by atoms with Crippen LogP contribution in [0.2, 0.25) is 5.02 Å². The van der Waals surface area contributed by atoms with E-state index in [9.17, 15) is 13.2 Å². The van der Waals surface area contributed by atoms with Crippen LogP contribution in [0.1, 0.15) is 24.0 Å². The molecule has 1 saturated heterocycles. The third-order valence-electron chi connectivity index (χ3n) is 5.17. The maximum Gasteiger partial charge on any atom is 0.225 e. The van der Waals surface area contributed by atoms with Crippen molar-refractivity contribution in [1.29, 1.82) is 0 Å². The normalized spacial score (nSPS) is 16.0. The van der Waals surface area contributed by atoms with E-state index in [1.54, 1.807) is 11.9 Å². The average molecular weight is 500 g/mol. The first kappa shape index (κ1) is 22.3. The van der Waals surface area contributed by atoms with Gasteiger partial charge >= 0.3 is 0 Å². The number of amides is 1. The fraction of sp³-hybridized carbons (Fsp3) is 0.381. The SMILES string of the molecule is CN(Cc1ccc(Cl)cc1)C(=O)C1CCN(S(=O)(=O)Cc2ccc(Br)cc2)CC1. The summed E-state index contributed by atoms with van der Waals surface area (Å²) in [6.45, 7) is 1.27. The van der Waals surface area contributed by atoms with E-state index in [2.05, 4.69) is 15.9 Å². The second kappa shape index (κ2) is 9.60. The third kappa shape index (κ3) is 6.04. The first-order valence-corrected chi connectivity index (χ1v) is 12.2. The Kier molecular flexibility index (Phi) is 7.37. The van der Waals surface area contributed by atoms with Gasteiger partial charge in [-0.15, -0.1) is 0 Å². The molecule has 156 valence electrons. The topological polar surface area (TPSA) is 57.7 Å². The predicted molar refractivity (Wildman–Crippen MR) is 119 cm³/mol. The van der Waals surface area contributed by atoms with Crippen LogP contribution in [0.25, 0.3) is 0 Å². The molecular formula is C21H24BrClN2O3S. The number of halogens is 2. The van der Waals surface area contributed by atoms with Crippen LogP contribution in [0.15, 0.2) is 53.0 Å². The molecule has 0 spiro atoms. The molecule has 1 fully saturated rings. The van der Waals surface area contributed by atoms with Gasteiger partial charge in [-0.05, 0) is 48.2 Å². The summed E-state index contributed by atoms with van der Waals surface area (Å²) in [6, 6.07) is 14.7. The maximum atomic E-state index is 12.8. The van der Waals surface area contributed by atoms with Crippen LogP contribution in [-0.4, -0.2) is 43.7 Å². The van der Waals surface area contributed by atoms with Crippen molar-refractivity contribution in [1.82, 2.24) is 9.21 Å². The van der Waals surface area contributed by atoms with Crippen molar-refractivity contribution >= 4 is 43.5 Å². The summed E-state index contributed by atoms with van der Waals surface area (Å²) in [6.07, 6.45) is 1.09. The minimum absolute atomic E-state index is 0.0185. The highest BCUT2D eigenvalue weighted by atomic mass is 79.9. The number of sulfonamides is 1. The molecule has 1 heterocycles. The molecular weight excluding hydrogens is 476 g/mol. The molecule has 3 rings (SSSR count). The van der Waals surface area contributed by atoms with Crippen molar-refractivity contribution in [3.05, 3.63) is 69.2 Å². The molecule has 0 radical (unpaired) electrons. The van der Waals surface area contributed by atoms with E-state index >= 15 is 0 Å². The Morgan fingerprint density at radius 1 is 1.07 bits per heavy atom. The zero-order chi connectivity index (χ0) is 21.0. The second-order valence-corrected chi connectivity index (χ2v) is 10.7. The lowest BCUT2D eigenvalue weighted by Gasteiger charge is -2.32. The quantitative estimate of drug-likeness (QED) is 0.595. The van der Waals surface area contributed by atoms with Crippen LogP contribution in [0.4, 0.5) is 0 Å². The van der Waals surface area contributed by atoms with Gasteiger partial charge in [0.1, 0.15) is 0 Å². The molecule has 0 saturated carbocycles. The van der Waals surface area contributed by atoms with E-state index in [0.29, 0.717) is 37.5 Å². The largest absolute Gasteiger partial charge is 0.341 e. The summed E-state index contributed by atoms with van der Waals surface area (Å²) >= 11 is 9.26. The lowest BCUT2D eigenvalue weighted by molar-refractivity contribution is -0.135. The zero-order valence-corrected chi connectivity index (χ0v) is 19.4. The highest BCUT2D eigenvalue weighted by Gasteiger charge is 2.32. The standard InChI is InChI=1S/C21H24BrClN2O3S/c1-24(14-16-4-8-20(23)9-5-16)21(26)18-10-12-25(13-11-18)29(27,28)15-17-2-6-19(22)7-3-17/h2-9,18H,10-15H2,1H3. The molecule has 1 aliphatic rings. The highest BCUT2D eigenvalue weighted by Crippen LogP contribution is 2.24. The number of carbonyl (C=O) groups is 1. The molecule has 0 bridgehead atoms. The van der Waals surface area contributed by atoms with E-state index < -0.39 is 10.0 Å².